The molecule has 0 saturated carbocycles. The summed E-state index contributed by atoms with van der Waals surface area (Å²) in [6, 6.07) is 0. The molecule has 0 aliphatic heterocycles. The Balaban J connectivity index is 0. The summed E-state index contributed by atoms with van der Waals surface area (Å²) in [6.07, 6.45) is 6.15. The van der Waals surface area contributed by atoms with Gasteiger partial charge in [-0.1, -0.05) is 58.2 Å². The largest absolute Gasteiger partial charge is 1.00 e. The average molecular weight is 234 g/mol. The summed E-state index contributed by atoms with van der Waals surface area (Å²) in [6.45, 7) is -2.40. The van der Waals surface area contributed by atoms with Gasteiger partial charge < -0.3 is 12.9 Å². The molecule has 0 aromatic carbocycles. The molecule has 0 aliphatic carbocycles. The zero-order valence-electron chi connectivity index (χ0n) is 9.37. The van der Waals surface area contributed by atoms with E-state index in [-0.39, 0.29) is 51.4 Å². The van der Waals surface area contributed by atoms with Crippen molar-refractivity contribution in [3.63, 3.8) is 0 Å². The molecule has 5 heteroatoms. The Morgan fingerprint density at radius 2 is 1.21 bits per heavy atom. The number of unbranched alkanes of at least 4 members (excludes halogenated alkanes) is 6. The summed E-state index contributed by atoms with van der Waals surface area (Å²) in [5.41, 5.74) is 0. The first kappa shape index (κ1) is 17.9. The first-order valence-electron chi connectivity index (χ1n) is 5.27. The minimum atomic E-state index is -4.53. The molecule has 14 heavy (non-hydrogen) atoms. The van der Waals surface area contributed by atoms with Crippen molar-refractivity contribution >= 4 is 6.98 Å². The molecule has 0 amide bonds. The van der Waals surface area contributed by atoms with E-state index < -0.39 is 13.3 Å². The minimum Gasteiger partial charge on any atom is -0.449 e. The fraction of sp³-hybridized carbons (Fsp3) is 1.00. The molecule has 0 unspecified atom stereocenters. The first-order valence-corrected chi connectivity index (χ1v) is 5.27. The number of hydrogen-bond acceptors (Lipinski definition) is 0. The molecule has 0 aliphatic rings. The van der Waals surface area contributed by atoms with Crippen LogP contribution in [0, 0.1) is 0 Å². The van der Waals surface area contributed by atoms with E-state index in [0.717, 1.165) is 19.3 Å². The van der Waals surface area contributed by atoms with Crippen molar-refractivity contribution < 1.29 is 64.3 Å². The molecule has 0 bridgehead atoms. The van der Waals surface area contributed by atoms with E-state index in [4.69, 9.17) is 0 Å². The van der Waals surface area contributed by atoms with E-state index in [2.05, 4.69) is 6.92 Å². The van der Waals surface area contributed by atoms with E-state index in [1.54, 1.807) is 0 Å². The maximum atomic E-state index is 11.7. The van der Waals surface area contributed by atoms with E-state index in [9.17, 15) is 12.9 Å². The molecule has 0 fully saturated rings. The Hall–Kier alpha value is 1.49. The van der Waals surface area contributed by atoms with Crippen molar-refractivity contribution in [1.29, 1.82) is 0 Å². The summed E-state index contributed by atoms with van der Waals surface area (Å²) in [5.74, 6) is 0. The summed E-state index contributed by atoms with van der Waals surface area (Å²) < 4.78 is 35.2. The third-order valence-corrected chi connectivity index (χ3v) is 2.14. The van der Waals surface area contributed by atoms with E-state index in [0.29, 0.717) is 6.42 Å². The molecule has 0 nitrogen and oxygen atoms in total. The standard InChI is InChI=1S/C9H19BF3.K/c1-2-3-4-5-6-7-8-9-10(11,12)13;/h2-9H2,1H3;/q-1;+1. The molecule has 0 rings (SSSR count). The van der Waals surface area contributed by atoms with Gasteiger partial charge in [-0.15, -0.1) is 0 Å². The summed E-state index contributed by atoms with van der Waals surface area (Å²) in [7, 11) is 0. The fourth-order valence-electron chi connectivity index (χ4n) is 1.33. The molecule has 0 saturated heterocycles. The van der Waals surface area contributed by atoms with Gasteiger partial charge in [0.25, 0.3) is 0 Å². The van der Waals surface area contributed by atoms with Crippen LogP contribution in [0.4, 0.5) is 12.9 Å². The second kappa shape index (κ2) is 11.0. The Labute approximate surface area is 128 Å². The molecule has 0 aromatic rings. The van der Waals surface area contributed by atoms with Gasteiger partial charge in [0.15, 0.2) is 0 Å². The second-order valence-electron chi connectivity index (χ2n) is 3.62. The third kappa shape index (κ3) is 15.9. The van der Waals surface area contributed by atoms with Crippen LogP contribution >= 0.6 is 0 Å². The fourth-order valence-corrected chi connectivity index (χ4v) is 1.33. The topological polar surface area (TPSA) is 0 Å². The van der Waals surface area contributed by atoms with Crippen LogP contribution in [0.3, 0.4) is 0 Å². The van der Waals surface area contributed by atoms with Gasteiger partial charge in [0, 0.05) is 0 Å². The Morgan fingerprint density at radius 3 is 1.64 bits per heavy atom. The van der Waals surface area contributed by atoms with Crippen LogP contribution in [0.5, 0.6) is 0 Å². The van der Waals surface area contributed by atoms with E-state index in [1.807, 2.05) is 0 Å². The van der Waals surface area contributed by atoms with Crippen molar-refractivity contribution in [2.45, 2.75) is 58.2 Å². The van der Waals surface area contributed by atoms with Crippen LogP contribution < -0.4 is 51.4 Å². The molecule has 0 radical (unpaired) electrons. The maximum absolute atomic E-state index is 11.7. The second-order valence-corrected chi connectivity index (χ2v) is 3.62. The summed E-state index contributed by atoms with van der Waals surface area (Å²) in [5, 5.41) is 0. The van der Waals surface area contributed by atoms with Crippen LogP contribution in [0.25, 0.3) is 0 Å². The molecular weight excluding hydrogens is 215 g/mol. The predicted octanol–water partition coefficient (Wildman–Crippen LogP) is 1.59. The quantitative estimate of drug-likeness (QED) is 0.442. The zero-order chi connectivity index (χ0) is 10.2. The van der Waals surface area contributed by atoms with Gasteiger partial charge in [-0.05, 0) is 0 Å². The molecule has 0 atom stereocenters. The summed E-state index contributed by atoms with van der Waals surface area (Å²) in [4.78, 5) is 0. The van der Waals surface area contributed by atoms with Crippen LogP contribution in [-0.4, -0.2) is 6.98 Å². The zero-order valence-corrected chi connectivity index (χ0v) is 12.5. The molecule has 0 aromatic heterocycles. The Kier molecular flexibility index (Phi) is 14.0. The molecule has 80 valence electrons. The predicted molar refractivity (Wildman–Crippen MR) is 51.9 cm³/mol. The van der Waals surface area contributed by atoms with E-state index >= 15 is 0 Å². The maximum Gasteiger partial charge on any atom is 1.00 e. The Morgan fingerprint density at radius 1 is 0.786 bits per heavy atom. The number of halogens is 3. The summed E-state index contributed by atoms with van der Waals surface area (Å²) >= 11 is 0. The van der Waals surface area contributed by atoms with Crippen molar-refractivity contribution in [2.75, 3.05) is 0 Å². The molecular formula is C9H19BF3K. The smallest absolute Gasteiger partial charge is 0.449 e. The monoisotopic (exact) mass is 234 g/mol. The Bertz CT molecular complexity index is 117. The van der Waals surface area contributed by atoms with Crippen LogP contribution in [-0.2, 0) is 0 Å². The third-order valence-electron chi connectivity index (χ3n) is 2.14. The SMILES string of the molecule is CCCCCCCCC[B-](F)(F)F.[K+]. The van der Waals surface area contributed by atoms with Gasteiger partial charge >= 0.3 is 58.4 Å². The van der Waals surface area contributed by atoms with Gasteiger partial charge in [-0.2, -0.15) is 0 Å². The van der Waals surface area contributed by atoms with Crippen molar-refractivity contribution in [1.82, 2.24) is 0 Å². The van der Waals surface area contributed by atoms with Gasteiger partial charge in [-0.25, -0.2) is 0 Å². The van der Waals surface area contributed by atoms with Crippen molar-refractivity contribution in [3.05, 3.63) is 0 Å². The van der Waals surface area contributed by atoms with Crippen LogP contribution in [0.1, 0.15) is 51.9 Å². The molecule has 0 spiro atoms. The van der Waals surface area contributed by atoms with Crippen LogP contribution in [0.15, 0.2) is 0 Å². The molecule has 0 N–H and O–H groups in total. The van der Waals surface area contributed by atoms with Gasteiger partial charge in [0.2, 0.25) is 0 Å². The van der Waals surface area contributed by atoms with Gasteiger partial charge in [0.05, 0.1) is 0 Å². The minimum absolute atomic E-state index is 0. The molecule has 0 heterocycles. The number of rotatable bonds is 8. The van der Waals surface area contributed by atoms with Crippen molar-refractivity contribution in [3.8, 4) is 0 Å². The normalized spacial score (nSPS) is 11.1. The van der Waals surface area contributed by atoms with Crippen molar-refractivity contribution in [2.24, 2.45) is 0 Å². The van der Waals surface area contributed by atoms with E-state index in [1.165, 1.54) is 19.3 Å². The van der Waals surface area contributed by atoms with Gasteiger partial charge in [0.1, 0.15) is 0 Å². The van der Waals surface area contributed by atoms with Crippen LogP contribution in [0.2, 0.25) is 6.32 Å². The van der Waals surface area contributed by atoms with Gasteiger partial charge in [-0.3, -0.25) is 0 Å². The average Bonchev–Trinajstić information content (AvgIpc) is 2.01. The number of hydrogen-bond donors (Lipinski definition) is 0. The first-order chi connectivity index (χ1) is 6.06.